The number of benzene rings is 3. The molecule has 1 aromatic heterocycles. The van der Waals surface area contributed by atoms with Gasteiger partial charge in [0.05, 0.1) is 5.69 Å². The smallest absolute Gasteiger partial charge is 0.406 e. The largest absolute Gasteiger partial charge is 0.573 e. The van der Waals surface area contributed by atoms with Crippen molar-refractivity contribution in [1.82, 2.24) is 20.1 Å². The second-order valence-corrected chi connectivity index (χ2v) is 11.5. The van der Waals surface area contributed by atoms with Gasteiger partial charge in [-0.3, -0.25) is 0 Å². The number of urea groups is 1. The number of aromatic nitrogens is 3. The van der Waals surface area contributed by atoms with Crippen molar-refractivity contribution in [2.24, 2.45) is 4.99 Å². The number of carbonyl (C=O) groups excluding carboxylic acids is 1. The molecule has 5 rings (SSSR count). The first-order chi connectivity index (χ1) is 21.0. The fourth-order valence-electron chi connectivity index (χ4n) is 4.87. The summed E-state index contributed by atoms with van der Waals surface area (Å²) in [6, 6.07) is 18.8. The molecule has 12 heteroatoms. The first-order valence-electron chi connectivity index (χ1n) is 13.9. The van der Waals surface area contributed by atoms with Crippen molar-refractivity contribution < 1.29 is 22.7 Å². The van der Waals surface area contributed by atoms with E-state index >= 15 is 0 Å². The summed E-state index contributed by atoms with van der Waals surface area (Å²) in [4.78, 5) is 23.8. The molecule has 1 N–H and O–H groups in total. The molecule has 44 heavy (non-hydrogen) atoms. The van der Waals surface area contributed by atoms with Crippen LogP contribution in [0.2, 0.25) is 0 Å². The van der Waals surface area contributed by atoms with Crippen molar-refractivity contribution in [1.29, 1.82) is 0 Å². The molecule has 1 unspecified atom stereocenters. The summed E-state index contributed by atoms with van der Waals surface area (Å²) in [5.41, 5.74) is 6.39. The molecule has 0 radical (unpaired) electrons. The molecule has 0 bridgehead atoms. The molecule has 228 valence electrons. The molecular formula is C32H31F3N6O2S. The van der Waals surface area contributed by atoms with Crippen molar-refractivity contribution >= 4 is 34.2 Å². The molecule has 3 aromatic carbocycles. The number of nitrogens with one attached hydrogen (secondary N) is 1. The van der Waals surface area contributed by atoms with Crippen molar-refractivity contribution in [3.05, 3.63) is 95.9 Å². The number of para-hydroxylation sites is 1. The van der Waals surface area contributed by atoms with Crippen molar-refractivity contribution in [3.63, 3.8) is 0 Å². The van der Waals surface area contributed by atoms with Crippen LogP contribution in [0.5, 0.6) is 5.75 Å². The maximum absolute atomic E-state index is 12.9. The predicted molar refractivity (Wildman–Crippen MR) is 168 cm³/mol. The Morgan fingerprint density at radius 1 is 1.07 bits per heavy atom. The Kier molecular flexibility index (Phi) is 9.09. The summed E-state index contributed by atoms with van der Waals surface area (Å²) < 4.78 is 42.6. The van der Waals surface area contributed by atoms with Crippen molar-refractivity contribution in [2.45, 2.75) is 46.5 Å². The maximum Gasteiger partial charge on any atom is 0.573 e. The Labute approximate surface area is 257 Å². The lowest BCUT2D eigenvalue weighted by Gasteiger charge is -2.37. The highest BCUT2D eigenvalue weighted by Crippen LogP contribution is 2.34. The third kappa shape index (κ3) is 7.31. The number of carbonyl (C=O) groups is 1. The Bertz CT molecular complexity index is 1680. The van der Waals surface area contributed by atoms with Gasteiger partial charge in [0.1, 0.15) is 12.1 Å². The normalized spacial score (nSPS) is 16.7. The molecule has 0 spiro atoms. The van der Waals surface area contributed by atoms with E-state index in [2.05, 4.69) is 62.9 Å². The summed E-state index contributed by atoms with van der Waals surface area (Å²) in [6.45, 7) is 8.19. The number of rotatable bonds is 6. The van der Waals surface area contributed by atoms with E-state index in [-0.39, 0.29) is 11.8 Å². The van der Waals surface area contributed by atoms with Crippen LogP contribution in [-0.4, -0.2) is 44.1 Å². The second-order valence-electron chi connectivity index (χ2n) is 10.4. The highest BCUT2D eigenvalue weighted by atomic mass is 32.2. The number of thioether (sulfide) groups is 1. The molecule has 0 saturated carbocycles. The number of anilines is 1. The zero-order chi connectivity index (χ0) is 31.4. The first kappa shape index (κ1) is 30.9. The fraction of sp³-hybridized carbons (Fsp3) is 0.250. The number of amides is 2. The van der Waals surface area contributed by atoms with Crippen LogP contribution < -0.4 is 15.0 Å². The number of hydrogen-bond acceptors (Lipinski definition) is 5. The summed E-state index contributed by atoms with van der Waals surface area (Å²) in [6.07, 6.45) is -0.631. The predicted octanol–water partition coefficient (Wildman–Crippen LogP) is 7.91. The lowest BCUT2D eigenvalue weighted by molar-refractivity contribution is -0.274. The van der Waals surface area contributed by atoms with Gasteiger partial charge >= 0.3 is 12.4 Å². The van der Waals surface area contributed by atoms with E-state index in [1.807, 2.05) is 37.3 Å². The van der Waals surface area contributed by atoms with Crippen LogP contribution in [0.15, 0.2) is 84.2 Å². The summed E-state index contributed by atoms with van der Waals surface area (Å²) in [5, 5.41) is 7.93. The number of amidine groups is 1. The van der Waals surface area contributed by atoms with Crippen LogP contribution in [0.1, 0.15) is 37.0 Å². The zero-order valence-corrected chi connectivity index (χ0v) is 25.4. The van der Waals surface area contributed by atoms with Gasteiger partial charge in [-0.15, -0.1) is 18.3 Å². The molecule has 1 atom stereocenters. The number of halogens is 3. The third-order valence-corrected chi connectivity index (χ3v) is 8.11. The van der Waals surface area contributed by atoms with Gasteiger partial charge in [0.25, 0.3) is 0 Å². The average molecular weight is 621 g/mol. The van der Waals surface area contributed by atoms with E-state index in [0.717, 1.165) is 45.7 Å². The minimum absolute atomic E-state index is 0.220. The molecule has 1 fully saturated rings. The van der Waals surface area contributed by atoms with Gasteiger partial charge in [0.2, 0.25) is 0 Å². The minimum Gasteiger partial charge on any atom is -0.406 e. The van der Waals surface area contributed by atoms with Gasteiger partial charge in [-0.1, -0.05) is 54.2 Å². The van der Waals surface area contributed by atoms with Crippen LogP contribution in [0.3, 0.4) is 0 Å². The molecule has 1 aliphatic heterocycles. The van der Waals surface area contributed by atoms with E-state index in [0.29, 0.717) is 16.7 Å². The van der Waals surface area contributed by atoms with Gasteiger partial charge in [0, 0.05) is 29.2 Å². The van der Waals surface area contributed by atoms with Crippen LogP contribution in [-0.2, 0) is 0 Å². The number of aryl methyl sites for hydroxylation is 2. The standard InChI is InChI=1S/C32H31F3N6O2S/c1-20-6-5-7-21(2)28(20)41-23(4)16-17-44-31(41)38-30(42)36-18-22(3)24-8-10-25(11-9-24)29-37-19-40(39-29)26-12-14-27(15-13-26)43-32(33,34)35/h5-15,18-19,23H,16-17H2,1-4H3,(H,36,42)/b22-18+,38-31?. The minimum atomic E-state index is -4.75. The van der Waals surface area contributed by atoms with Gasteiger partial charge in [-0.25, -0.2) is 14.5 Å². The molecular weight excluding hydrogens is 589 g/mol. The molecule has 1 aliphatic rings. The number of allylic oxidation sites excluding steroid dienone is 1. The lowest BCUT2D eigenvalue weighted by Crippen LogP contribution is -2.42. The Hall–Kier alpha value is -4.58. The number of alkyl halides is 3. The number of ether oxygens (including phenoxy) is 1. The van der Waals surface area contributed by atoms with Gasteiger partial charge < -0.3 is 15.0 Å². The van der Waals surface area contributed by atoms with E-state index in [9.17, 15) is 18.0 Å². The SMILES string of the molecule is C/C(=C\NC(=O)N=C1SCCC(C)N1c1c(C)cccc1C)c1ccc(-c2ncn(-c3ccc(OC(F)(F)F)cc3)n2)cc1. The average Bonchev–Trinajstić information content (AvgIpc) is 3.47. The van der Waals surface area contributed by atoms with Crippen molar-refractivity contribution in [3.8, 4) is 22.8 Å². The molecule has 2 amide bonds. The fourth-order valence-corrected chi connectivity index (χ4v) is 6.07. The highest BCUT2D eigenvalue weighted by Gasteiger charge is 2.31. The first-order valence-corrected chi connectivity index (χ1v) is 14.9. The molecule has 8 nitrogen and oxygen atoms in total. The lowest BCUT2D eigenvalue weighted by atomic mass is 10.1. The zero-order valence-electron chi connectivity index (χ0n) is 24.6. The Balaban J connectivity index is 1.25. The van der Waals surface area contributed by atoms with Gasteiger partial charge in [-0.05, 0) is 80.6 Å². The molecule has 1 saturated heterocycles. The van der Waals surface area contributed by atoms with E-state index in [1.54, 1.807) is 18.0 Å². The summed E-state index contributed by atoms with van der Waals surface area (Å²) in [5.74, 6) is 1.03. The summed E-state index contributed by atoms with van der Waals surface area (Å²) in [7, 11) is 0. The second kappa shape index (κ2) is 13.0. The quantitative estimate of drug-likeness (QED) is 0.236. The monoisotopic (exact) mass is 620 g/mol. The van der Waals surface area contributed by atoms with Crippen LogP contribution in [0.25, 0.3) is 22.6 Å². The molecule has 4 aromatic rings. The Morgan fingerprint density at radius 2 is 1.75 bits per heavy atom. The molecule has 0 aliphatic carbocycles. The number of hydrogen-bond donors (Lipinski definition) is 1. The van der Waals surface area contributed by atoms with E-state index in [4.69, 9.17) is 0 Å². The highest BCUT2D eigenvalue weighted by molar-refractivity contribution is 8.14. The molecule has 2 heterocycles. The Morgan fingerprint density at radius 3 is 2.41 bits per heavy atom. The number of aliphatic imine (C=N–C) groups is 1. The van der Waals surface area contributed by atoms with Crippen LogP contribution >= 0.6 is 11.8 Å². The van der Waals surface area contributed by atoms with Crippen LogP contribution in [0.4, 0.5) is 23.7 Å². The number of nitrogens with zero attached hydrogens (tertiary/aromatic N) is 5. The van der Waals surface area contributed by atoms with E-state index in [1.165, 1.54) is 35.3 Å². The topological polar surface area (TPSA) is 84.6 Å². The van der Waals surface area contributed by atoms with E-state index < -0.39 is 12.4 Å². The summed E-state index contributed by atoms with van der Waals surface area (Å²) >= 11 is 1.58. The third-order valence-electron chi connectivity index (χ3n) is 7.13. The van der Waals surface area contributed by atoms with Gasteiger partial charge in [0.15, 0.2) is 11.0 Å². The van der Waals surface area contributed by atoms with Crippen molar-refractivity contribution in [2.75, 3.05) is 10.7 Å². The van der Waals surface area contributed by atoms with Gasteiger partial charge in [-0.2, -0.15) is 4.99 Å². The van der Waals surface area contributed by atoms with Crippen LogP contribution in [0, 0.1) is 13.8 Å². The maximum atomic E-state index is 12.9.